The number of carbonyl (C=O) groups excluding carboxylic acids is 1. The molecule has 2 atom stereocenters. The van der Waals surface area contributed by atoms with Gasteiger partial charge in [-0.2, -0.15) is 0 Å². The lowest BCUT2D eigenvalue weighted by molar-refractivity contribution is 0.0547. The average molecular weight is 424 g/mol. The molecule has 1 N–H and O–H groups in total. The Morgan fingerprint density at radius 1 is 1.03 bits per heavy atom. The number of amides is 1. The van der Waals surface area contributed by atoms with Crippen molar-refractivity contribution < 1.29 is 6.22 Å². The first-order valence-electron chi connectivity index (χ1n) is 11.7. The van der Waals surface area contributed by atoms with Crippen LogP contribution < -0.4 is 0 Å². The van der Waals surface area contributed by atoms with Crippen LogP contribution in [0.15, 0.2) is 73.1 Å². The molecule has 1 saturated heterocycles. The van der Waals surface area contributed by atoms with E-state index in [1.54, 1.807) is 6.33 Å². The van der Waals surface area contributed by atoms with Crippen LogP contribution in [0, 0.1) is 0 Å². The molecule has 162 valence electrons. The lowest BCUT2D eigenvalue weighted by atomic mass is 9.73. The van der Waals surface area contributed by atoms with Crippen LogP contribution in [0.2, 0.25) is 0 Å². The summed E-state index contributed by atoms with van der Waals surface area (Å²) < 4.78 is 0. The van der Waals surface area contributed by atoms with Crippen molar-refractivity contribution in [2.45, 2.75) is 44.1 Å². The van der Waals surface area contributed by atoms with Gasteiger partial charge in [-0.25, -0.2) is 4.98 Å². The van der Waals surface area contributed by atoms with Crippen molar-refractivity contribution in [1.29, 1.82) is 0 Å². The van der Waals surface area contributed by atoms with Gasteiger partial charge in [0, 0.05) is 25.5 Å². The molecule has 3 aromatic carbocycles. The Labute approximate surface area is 189 Å². The third-order valence-electron chi connectivity index (χ3n) is 7.27. The fourth-order valence-electron chi connectivity index (χ4n) is 5.75. The zero-order valence-corrected chi connectivity index (χ0v) is 18.1. The highest BCUT2D eigenvalue weighted by Gasteiger charge is 2.38. The van der Waals surface area contributed by atoms with E-state index in [0.717, 1.165) is 48.8 Å². The minimum Gasteiger partial charge on any atom is -0.345 e. The van der Waals surface area contributed by atoms with Gasteiger partial charge in [0.25, 0.3) is 5.91 Å². The third kappa shape index (κ3) is 3.40. The van der Waals surface area contributed by atoms with Gasteiger partial charge >= 0.3 is 0 Å². The monoisotopic (exact) mass is 423 g/mol. The molecule has 0 saturated carbocycles. The number of benzene rings is 3. The molecule has 1 fully saturated rings. The Bertz CT molecular complexity index is 1280. The van der Waals surface area contributed by atoms with Crippen molar-refractivity contribution in [2.75, 3.05) is 6.54 Å². The lowest BCUT2D eigenvalue weighted by Crippen LogP contribution is -2.49. The lowest BCUT2D eigenvalue weighted by Gasteiger charge is -2.45. The number of hydrogen-bond donors (Lipinski definition) is 1. The van der Waals surface area contributed by atoms with Crippen LogP contribution in [0.25, 0.3) is 11.0 Å². The number of aryl methyl sites for hydroxylation is 1. The molecule has 1 amide bonds. The summed E-state index contributed by atoms with van der Waals surface area (Å²) in [5.41, 5.74) is 8.24. The zero-order chi connectivity index (χ0) is 21.5. The van der Waals surface area contributed by atoms with Gasteiger partial charge in [-0.05, 0) is 72.6 Å². The van der Waals surface area contributed by atoms with Crippen molar-refractivity contribution in [3.63, 3.8) is 0 Å². The summed E-state index contributed by atoms with van der Waals surface area (Å²) in [6.45, 7) is 0.850. The number of imidazole rings is 1. The molecular formula is C28H29N3O. The van der Waals surface area contributed by atoms with Crippen molar-refractivity contribution in [3.8, 4) is 0 Å². The summed E-state index contributed by atoms with van der Waals surface area (Å²) in [5.74, 6) is 0.596. The minimum absolute atomic E-state index is 0. The Balaban J connectivity index is 0.00000228. The first-order chi connectivity index (χ1) is 15.8. The highest BCUT2D eigenvalue weighted by Crippen LogP contribution is 2.41. The van der Waals surface area contributed by atoms with Crippen molar-refractivity contribution in [2.24, 2.45) is 0 Å². The Hall–Kier alpha value is -3.40. The molecular weight excluding hydrogens is 394 g/mol. The smallest absolute Gasteiger partial charge is 0.254 e. The standard InChI is InChI=1S/C28H27N3O.H2/c32-28(22-9-12-25-26(17-22)30-18-29-25)31-14-4-7-24-23-11-8-20(15-19-5-2-1-3-6-19)16-21(23)10-13-27(24)31;/h1-3,5-6,8-9,11-12,16-18,24,27H,4,7,10,13-15H2,(H,29,30);1H. The van der Waals surface area contributed by atoms with E-state index in [1.165, 1.54) is 28.7 Å². The van der Waals surface area contributed by atoms with Crippen molar-refractivity contribution in [1.82, 2.24) is 14.9 Å². The van der Waals surface area contributed by atoms with Gasteiger partial charge < -0.3 is 9.88 Å². The summed E-state index contributed by atoms with van der Waals surface area (Å²) in [4.78, 5) is 23.0. The second kappa shape index (κ2) is 7.94. The number of aromatic amines is 1. The molecule has 0 spiro atoms. The maximum Gasteiger partial charge on any atom is 0.254 e. The van der Waals surface area contributed by atoms with E-state index in [2.05, 4.69) is 63.4 Å². The number of aromatic nitrogens is 2. The van der Waals surface area contributed by atoms with Gasteiger partial charge in [-0.15, -0.1) is 0 Å². The Morgan fingerprint density at radius 3 is 2.84 bits per heavy atom. The van der Waals surface area contributed by atoms with E-state index in [-0.39, 0.29) is 7.33 Å². The number of piperidine rings is 1. The first-order valence-corrected chi connectivity index (χ1v) is 11.7. The van der Waals surface area contributed by atoms with Gasteiger partial charge in [0.1, 0.15) is 0 Å². The molecule has 1 aliphatic carbocycles. The number of nitrogens with zero attached hydrogens (tertiary/aromatic N) is 2. The predicted octanol–water partition coefficient (Wildman–Crippen LogP) is 5.73. The quantitative estimate of drug-likeness (QED) is 0.457. The predicted molar refractivity (Wildman–Crippen MR) is 129 cm³/mol. The van der Waals surface area contributed by atoms with Crippen LogP contribution in [-0.4, -0.2) is 33.4 Å². The van der Waals surface area contributed by atoms with Crippen LogP contribution in [0.1, 0.15) is 59.2 Å². The molecule has 4 aromatic rings. The van der Waals surface area contributed by atoms with Crippen LogP contribution in [0.3, 0.4) is 0 Å². The molecule has 1 aliphatic heterocycles. The summed E-state index contributed by atoms with van der Waals surface area (Å²) in [7, 11) is 0. The third-order valence-corrected chi connectivity index (χ3v) is 7.27. The van der Waals surface area contributed by atoms with Gasteiger partial charge in [-0.3, -0.25) is 4.79 Å². The topological polar surface area (TPSA) is 49.0 Å². The Morgan fingerprint density at radius 2 is 1.94 bits per heavy atom. The molecule has 4 heteroatoms. The average Bonchev–Trinajstić information content (AvgIpc) is 3.31. The van der Waals surface area contributed by atoms with Crippen molar-refractivity contribution in [3.05, 3.63) is 101 Å². The molecule has 1 aromatic heterocycles. The van der Waals surface area contributed by atoms with Crippen LogP contribution in [0.5, 0.6) is 0 Å². The summed E-state index contributed by atoms with van der Waals surface area (Å²) in [5, 5.41) is 0. The van der Waals surface area contributed by atoms with E-state index in [1.807, 2.05) is 18.2 Å². The molecule has 2 heterocycles. The molecule has 6 rings (SSSR count). The summed E-state index contributed by atoms with van der Waals surface area (Å²) >= 11 is 0. The zero-order valence-electron chi connectivity index (χ0n) is 18.1. The van der Waals surface area contributed by atoms with Crippen LogP contribution in [0.4, 0.5) is 0 Å². The van der Waals surface area contributed by atoms with Gasteiger partial charge in [0.05, 0.1) is 17.4 Å². The largest absolute Gasteiger partial charge is 0.345 e. The van der Waals surface area contributed by atoms with Gasteiger partial charge in [-0.1, -0.05) is 48.5 Å². The Kier molecular flexibility index (Phi) is 4.79. The summed E-state index contributed by atoms with van der Waals surface area (Å²) in [6.07, 6.45) is 6.97. The van der Waals surface area contributed by atoms with E-state index < -0.39 is 0 Å². The van der Waals surface area contributed by atoms with Crippen LogP contribution in [-0.2, 0) is 12.8 Å². The SMILES string of the molecule is O=C(c1ccc2nc[nH]c2c1)N1CCCC2c3ccc(Cc4ccccc4)cc3CCC21.[HH]. The fourth-order valence-corrected chi connectivity index (χ4v) is 5.75. The minimum atomic E-state index is 0. The van der Waals surface area contributed by atoms with E-state index in [9.17, 15) is 4.79 Å². The number of rotatable bonds is 3. The highest BCUT2D eigenvalue weighted by molar-refractivity contribution is 5.97. The van der Waals surface area contributed by atoms with Gasteiger partial charge in [0.2, 0.25) is 0 Å². The maximum absolute atomic E-state index is 13.5. The number of fused-ring (bicyclic) bond motifs is 4. The fraction of sp³-hybridized carbons (Fsp3) is 0.286. The molecule has 0 bridgehead atoms. The molecule has 32 heavy (non-hydrogen) atoms. The van der Waals surface area contributed by atoms with Crippen molar-refractivity contribution >= 4 is 16.9 Å². The molecule has 4 nitrogen and oxygen atoms in total. The number of likely N-dealkylation sites (tertiary alicyclic amines) is 1. The maximum atomic E-state index is 13.5. The number of carbonyl (C=O) groups is 1. The van der Waals surface area contributed by atoms with E-state index in [4.69, 9.17) is 0 Å². The van der Waals surface area contributed by atoms with Crippen LogP contribution >= 0.6 is 0 Å². The van der Waals surface area contributed by atoms with Gasteiger partial charge in [0.15, 0.2) is 0 Å². The summed E-state index contributed by atoms with van der Waals surface area (Å²) in [6, 6.07) is 23.8. The first kappa shape index (κ1) is 19.3. The molecule has 2 unspecified atom stereocenters. The normalized spacial score (nSPS) is 20.1. The molecule has 2 aliphatic rings. The highest BCUT2D eigenvalue weighted by atomic mass is 16.2. The number of H-pyrrole nitrogens is 1. The van der Waals surface area contributed by atoms with E-state index in [0.29, 0.717) is 12.0 Å². The second-order valence-electron chi connectivity index (χ2n) is 9.18. The second-order valence-corrected chi connectivity index (χ2v) is 9.18. The molecule has 0 radical (unpaired) electrons. The number of nitrogens with one attached hydrogen (secondary N) is 1. The number of hydrogen-bond acceptors (Lipinski definition) is 2. The van der Waals surface area contributed by atoms with E-state index >= 15 is 0 Å².